The first-order valence-electron chi connectivity index (χ1n) is 21.9. The Morgan fingerprint density at radius 3 is 1.22 bits per heavy atom. The van der Waals surface area contributed by atoms with Crippen LogP contribution in [0.3, 0.4) is 0 Å². The Morgan fingerprint density at radius 1 is 0.594 bits per heavy atom. The summed E-state index contributed by atoms with van der Waals surface area (Å²) in [6, 6.07) is 36.6. The van der Waals surface area contributed by atoms with Crippen molar-refractivity contribution < 1.29 is 38.9 Å². The smallest absolute Gasteiger partial charge is 0.414 e. The summed E-state index contributed by atoms with van der Waals surface area (Å²) in [4.78, 5) is 53.4. The van der Waals surface area contributed by atoms with Crippen molar-refractivity contribution in [3.8, 4) is 0 Å². The summed E-state index contributed by atoms with van der Waals surface area (Å²) in [5, 5.41) is 16.0. The molecule has 346 valence electrons. The molecule has 0 bridgehead atoms. The van der Waals surface area contributed by atoms with E-state index in [9.17, 15) is 9.59 Å². The molecular weight excluding hydrogens is 855 g/mol. The number of nitrogens with zero attached hydrogens (tertiary/aromatic N) is 4. The van der Waals surface area contributed by atoms with Crippen LogP contribution in [0.5, 0.6) is 0 Å². The second-order valence-corrected chi connectivity index (χ2v) is 17.2. The number of carboxylic acids is 2. The first kappa shape index (κ1) is 51.8. The lowest BCUT2D eigenvalue weighted by Gasteiger charge is -2.43. The fraction of sp³-hybridized carbons (Fsp3) is 0.440. The van der Waals surface area contributed by atoms with E-state index in [2.05, 4.69) is 84.3 Å². The number of hydrogen-bond donors (Lipinski definition) is 2. The van der Waals surface area contributed by atoms with Gasteiger partial charge >= 0.3 is 11.9 Å². The van der Waals surface area contributed by atoms with E-state index >= 15 is 0 Å². The van der Waals surface area contributed by atoms with Gasteiger partial charge in [0.1, 0.15) is 12.2 Å². The highest BCUT2D eigenvalue weighted by Gasteiger charge is 2.38. The molecular formula is C50H64Cl2N4O8. The molecule has 14 heteroatoms. The van der Waals surface area contributed by atoms with Crippen molar-refractivity contribution in [2.24, 2.45) is 11.8 Å². The number of hydrogen-bond acceptors (Lipinski definition) is 8. The normalized spacial score (nSPS) is 19.7. The minimum Gasteiger partial charge on any atom is -0.473 e. The predicted molar refractivity (Wildman–Crippen MR) is 254 cm³/mol. The van der Waals surface area contributed by atoms with E-state index in [-0.39, 0.29) is 23.9 Å². The molecule has 2 aliphatic heterocycles. The number of piperidine rings is 2. The number of anilines is 2. The highest BCUT2D eigenvalue weighted by Crippen LogP contribution is 2.35. The molecule has 0 saturated carbocycles. The average Bonchev–Trinajstić information content (AvgIpc) is 3.30. The summed E-state index contributed by atoms with van der Waals surface area (Å²) in [6.07, 6.45) is 2.93. The van der Waals surface area contributed by atoms with Gasteiger partial charge in [0.25, 0.3) is 11.8 Å². The molecule has 12 nitrogen and oxygen atoms in total. The number of carbonyl (C=O) groups is 4. The molecule has 0 aromatic heterocycles. The predicted octanol–water partition coefficient (Wildman–Crippen LogP) is 8.48. The minimum atomic E-state index is -1.82. The van der Waals surface area contributed by atoms with E-state index in [1.165, 1.54) is 11.1 Å². The zero-order valence-electron chi connectivity index (χ0n) is 37.8. The molecule has 6 rings (SSSR count). The topological polar surface area (TPSA) is 140 Å². The summed E-state index contributed by atoms with van der Waals surface area (Å²) in [6.45, 7) is 14.0. The van der Waals surface area contributed by atoms with Gasteiger partial charge < -0.3 is 39.3 Å². The van der Waals surface area contributed by atoms with Crippen LogP contribution in [0, 0.1) is 11.8 Å². The Hall–Kier alpha value is -4.82. The van der Waals surface area contributed by atoms with Crippen molar-refractivity contribution in [2.45, 2.75) is 77.7 Å². The van der Waals surface area contributed by atoms with Crippen molar-refractivity contribution in [1.29, 1.82) is 0 Å². The van der Waals surface area contributed by atoms with E-state index in [1.54, 1.807) is 28.1 Å². The molecule has 4 aromatic carbocycles. The maximum absolute atomic E-state index is 13.2. The van der Waals surface area contributed by atoms with Crippen molar-refractivity contribution in [3.63, 3.8) is 0 Å². The molecule has 2 fully saturated rings. The van der Waals surface area contributed by atoms with Gasteiger partial charge in [-0.1, -0.05) is 122 Å². The third-order valence-corrected chi connectivity index (χ3v) is 12.6. The number of benzene rings is 4. The van der Waals surface area contributed by atoms with Crippen molar-refractivity contribution in [1.82, 2.24) is 9.80 Å². The Morgan fingerprint density at radius 2 is 0.922 bits per heavy atom. The third kappa shape index (κ3) is 15.1. The SMILES string of the molecule is COC(C)C(=O)N(c1ccccc1Cl)C1CCN(CCc2ccccc2)C[C@@H]1C.COC(C)C(=O)N(c1ccccc1Cl)C1CCN(CCc2ccccc2)C[C@@H]1C.O=C(O)C(=O)O. The lowest BCUT2D eigenvalue weighted by Crippen LogP contribution is -2.54. The summed E-state index contributed by atoms with van der Waals surface area (Å²) in [5.74, 6) is -3.04. The number of para-hydroxylation sites is 2. The maximum Gasteiger partial charge on any atom is 0.414 e. The van der Waals surface area contributed by atoms with Crippen LogP contribution in [-0.4, -0.2) is 122 Å². The molecule has 2 heterocycles. The molecule has 0 radical (unpaired) electrons. The van der Waals surface area contributed by atoms with Crippen LogP contribution < -0.4 is 9.80 Å². The van der Waals surface area contributed by atoms with Crippen LogP contribution in [-0.2, 0) is 41.5 Å². The van der Waals surface area contributed by atoms with Gasteiger partial charge in [0.05, 0.1) is 21.4 Å². The van der Waals surface area contributed by atoms with Gasteiger partial charge in [0.15, 0.2) is 0 Å². The Bertz CT molecular complexity index is 1930. The number of ether oxygens (including phenoxy) is 2. The van der Waals surface area contributed by atoms with E-state index in [1.807, 2.05) is 58.3 Å². The molecule has 0 spiro atoms. The second kappa shape index (κ2) is 26.2. The van der Waals surface area contributed by atoms with Crippen LogP contribution in [0.4, 0.5) is 11.4 Å². The number of rotatable bonds is 14. The number of amides is 2. The molecule has 2 amide bonds. The van der Waals surface area contributed by atoms with Crippen LogP contribution in [0.25, 0.3) is 0 Å². The fourth-order valence-electron chi connectivity index (χ4n) is 8.29. The van der Waals surface area contributed by atoms with E-state index in [4.69, 9.17) is 52.5 Å². The van der Waals surface area contributed by atoms with Crippen LogP contribution >= 0.6 is 23.2 Å². The second-order valence-electron chi connectivity index (χ2n) is 16.4. The number of carbonyl (C=O) groups excluding carboxylic acids is 2. The lowest BCUT2D eigenvalue weighted by atomic mass is 9.91. The van der Waals surface area contributed by atoms with Crippen molar-refractivity contribution in [3.05, 3.63) is 130 Å². The van der Waals surface area contributed by atoms with Gasteiger partial charge in [0.2, 0.25) is 0 Å². The molecule has 2 N–H and O–H groups in total. The maximum atomic E-state index is 13.2. The minimum absolute atomic E-state index is 0.0322. The molecule has 6 atom stereocenters. The zero-order chi connectivity index (χ0) is 46.8. The summed E-state index contributed by atoms with van der Waals surface area (Å²) >= 11 is 13.0. The van der Waals surface area contributed by atoms with Gasteiger partial charge in [-0.3, -0.25) is 9.59 Å². The van der Waals surface area contributed by atoms with Crippen LogP contribution in [0.15, 0.2) is 109 Å². The number of methoxy groups -OCH3 is 2. The molecule has 2 saturated heterocycles. The summed E-state index contributed by atoms with van der Waals surface area (Å²) < 4.78 is 10.7. The van der Waals surface area contributed by atoms with Gasteiger partial charge in [-0.15, -0.1) is 0 Å². The largest absolute Gasteiger partial charge is 0.473 e. The number of halogens is 2. The Labute approximate surface area is 388 Å². The molecule has 4 aromatic rings. The van der Waals surface area contributed by atoms with E-state index in [0.717, 1.165) is 76.3 Å². The van der Waals surface area contributed by atoms with Gasteiger partial charge in [0, 0.05) is 65.6 Å². The Balaban J connectivity index is 0.000000249. The summed E-state index contributed by atoms with van der Waals surface area (Å²) in [5.41, 5.74) is 4.28. The van der Waals surface area contributed by atoms with Crippen LogP contribution in [0.1, 0.15) is 51.7 Å². The number of carboxylic acid groups (broad SMARTS) is 2. The van der Waals surface area contributed by atoms with Gasteiger partial charge in [-0.05, 0) is 86.8 Å². The standard InChI is InChI=1S/2C24H31ClN2O2.C2H2O4/c2*1-18-17-26(15-13-20-9-5-4-6-10-20)16-14-22(18)27(24(28)19(2)29-3)23-12-8-7-11-21(23)25;3-1(4)2(5)6/h2*4-12,18-19,22H,13-17H2,1-3H3;(H,3,4)(H,5,6)/t2*18-,19?,22?;/m00./s1. The quantitative estimate of drug-likeness (QED) is 0.118. The first-order valence-corrected chi connectivity index (χ1v) is 22.6. The monoisotopic (exact) mass is 918 g/mol. The molecule has 2 aliphatic rings. The van der Waals surface area contributed by atoms with Crippen molar-refractivity contribution in [2.75, 3.05) is 63.3 Å². The van der Waals surface area contributed by atoms with Crippen molar-refractivity contribution >= 4 is 58.3 Å². The van der Waals surface area contributed by atoms with E-state index in [0.29, 0.717) is 21.9 Å². The fourth-order valence-corrected chi connectivity index (χ4v) is 8.74. The summed E-state index contributed by atoms with van der Waals surface area (Å²) in [7, 11) is 3.14. The Kier molecular flexibility index (Phi) is 21.2. The number of likely N-dealkylation sites (tertiary alicyclic amines) is 2. The third-order valence-electron chi connectivity index (χ3n) is 12.0. The molecule has 64 heavy (non-hydrogen) atoms. The van der Waals surface area contributed by atoms with E-state index < -0.39 is 24.1 Å². The molecule has 4 unspecified atom stereocenters. The highest BCUT2D eigenvalue weighted by molar-refractivity contribution is 6.34. The highest BCUT2D eigenvalue weighted by atomic mass is 35.5. The van der Waals surface area contributed by atoms with Crippen LogP contribution in [0.2, 0.25) is 10.0 Å². The number of aliphatic carboxylic acids is 2. The average molecular weight is 920 g/mol. The lowest BCUT2D eigenvalue weighted by molar-refractivity contribution is -0.159. The van der Waals surface area contributed by atoms with Gasteiger partial charge in [-0.2, -0.15) is 0 Å². The first-order chi connectivity index (χ1) is 30.7. The zero-order valence-corrected chi connectivity index (χ0v) is 39.3. The molecule has 0 aliphatic carbocycles. The van der Waals surface area contributed by atoms with Gasteiger partial charge in [-0.25, -0.2) is 9.59 Å².